The van der Waals surface area contributed by atoms with E-state index in [0.717, 1.165) is 19.5 Å². The largest absolute Gasteiger partial charge is 0.455 e. The number of halogens is 3. The molecule has 2 aliphatic heterocycles. The predicted octanol–water partition coefficient (Wildman–Crippen LogP) is 2.11. The van der Waals surface area contributed by atoms with Gasteiger partial charge in [0.2, 0.25) is 5.95 Å². The van der Waals surface area contributed by atoms with Gasteiger partial charge in [0, 0.05) is 37.5 Å². The molecule has 1 unspecified atom stereocenters. The number of hydrogen-bond donors (Lipinski definition) is 1. The van der Waals surface area contributed by atoms with Crippen molar-refractivity contribution in [3.8, 4) is 5.75 Å². The van der Waals surface area contributed by atoms with Crippen molar-refractivity contribution in [1.82, 2.24) is 20.1 Å². The van der Waals surface area contributed by atoms with Gasteiger partial charge in [-0.3, -0.25) is 0 Å². The van der Waals surface area contributed by atoms with E-state index in [4.69, 9.17) is 14.4 Å². The second-order valence-electron chi connectivity index (χ2n) is 6.98. The van der Waals surface area contributed by atoms with Gasteiger partial charge in [-0.15, -0.1) is 0 Å². The number of hydrogen-bond acceptors (Lipinski definition) is 10. The van der Waals surface area contributed by atoms with Crippen molar-refractivity contribution in [2.24, 2.45) is 5.73 Å². The van der Waals surface area contributed by atoms with Crippen molar-refractivity contribution >= 4 is 24.0 Å². The highest BCUT2D eigenvalue weighted by atomic mass is 32.2. The van der Waals surface area contributed by atoms with Gasteiger partial charge < -0.3 is 24.2 Å². The van der Waals surface area contributed by atoms with E-state index in [9.17, 15) is 13.2 Å². The Balaban J connectivity index is 1.23. The minimum absolute atomic E-state index is 0.104. The highest BCUT2D eigenvalue weighted by Crippen LogP contribution is 2.31. The molecule has 1 atom stereocenters. The first-order valence-electron chi connectivity index (χ1n) is 9.20. The zero-order valence-corrected chi connectivity index (χ0v) is 16.2. The average molecular weight is 431 g/mol. The van der Waals surface area contributed by atoms with E-state index in [-0.39, 0.29) is 17.3 Å². The van der Waals surface area contributed by atoms with Crippen LogP contribution in [0.15, 0.2) is 16.9 Å². The Labute approximate surface area is 169 Å². The standard InChI is InChI=1S/C16H20F3N7O2S/c17-16(18,19)13-23-15(27-24-13)25-5-2-12(3-6-25)29-28-11-7-21-14(22-8-11)26-4-1-10(20)9-26/h7-8,10,12H,1-6,9,20H2. The number of nitrogens with two attached hydrogens (primary N) is 1. The van der Waals surface area contributed by atoms with Gasteiger partial charge in [-0.1, -0.05) is 0 Å². The second kappa shape index (κ2) is 8.22. The van der Waals surface area contributed by atoms with Gasteiger partial charge in [0.1, 0.15) is 0 Å². The molecule has 0 radical (unpaired) electrons. The highest BCUT2D eigenvalue weighted by Gasteiger charge is 2.38. The third-order valence-corrected chi connectivity index (χ3v) is 5.82. The van der Waals surface area contributed by atoms with Crippen molar-refractivity contribution in [3.63, 3.8) is 0 Å². The first-order valence-corrected chi connectivity index (χ1v) is 10.0. The molecule has 29 heavy (non-hydrogen) atoms. The molecule has 2 saturated heterocycles. The lowest BCUT2D eigenvalue weighted by Gasteiger charge is -2.29. The SMILES string of the molecule is NC1CCN(c2ncc(OSC3CCN(c4nc(C(F)(F)F)no4)CC3)cn2)C1. The predicted molar refractivity (Wildman–Crippen MR) is 99.6 cm³/mol. The molecule has 0 spiro atoms. The van der Waals surface area contributed by atoms with Crippen LogP contribution in [0.2, 0.25) is 0 Å². The molecule has 158 valence electrons. The molecular weight excluding hydrogens is 411 g/mol. The van der Waals surface area contributed by atoms with Crippen molar-refractivity contribution in [1.29, 1.82) is 0 Å². The molecule has 2 N–H and O–H groups in total. The fourth-order valence-corrected chi connectivity index (χ4v) is 3.95. The van der Waals surface area contributed by atoms with Gasteiger partial charge in [-0.05, 0) is 24.4 Å². The Kier molecular flexibility index (Phi) is 5.67. The molecule has 0 saturated carbocycles. The minimum atomic E-state index is -4.61. The van der Waals surface area contributed by atoms with Crippen LogP contribution in [0, 0.1) is 0 Å². The summed E-state index contributed by atoms with van der Waals surface area (Å²) in [7, 11) is 0. The summed E-state index contributed by atoms with van der Waals surface area (Å²) in [5.74, 6) is -0.0653. The maximum absolute atomic E-state index is 12.6. The lowest BCUT2D eigenvalue weighted by Crippen LogP contribution is -2.35. The normalized spacial score (nSPS) is 21.0. The number of piperidine rings is 1. The summed E-state index contributed by atoms with van der Waals surface area (Å²) >= 11 is 1.31. The maximum atomic E-state index is 12.6. The quantitative estimate of drug-likeness (QED) is 0.708. The van der Waals surface area contributed by atoms with Crippen LogP contribution in [0.3, 0.4) is 0 Å². The molecule has 2 aromatic heterocycles. The number of aromatic nitrogens is 4. The van der Waals surface area contributed by atoms with E-state index in [0.29, 0.717) is 37.6 Å². The highest BCUT2D eigenvalue weighted by molar-refractivity contribution is 7.95. The number of nitrogens with zero attached hydrogens (tertiary/aromatic N) is 6. The van der Waals surface area contributed by atoms with Crippen LogP contribution in [-0.4, -0.2) is 57.6 Å². The molecule has 9 nitrogen and oxygen atoms in total. The smallest absolute Gasteiger partial charge is 0.422 e. The Morgan fingerprint density at radius 1 is 1.10 bits per heavy atom. The first kappa shape index (κ1) is 20.0. The van der Waals surface area contributed by atoms with Gasteiger partial charge >= 0.3 is 12.2 Å². The van der Waals surface area contributed by atoms with Crippen LogP contribution < -0.4 is 19.7 Å². The molecule has 2 fully saturated rings. The Bertz CT molecular complexity index is 812. The third-order valence-electron chi connectivity index (χ3n) is 4.78. The van der Waals surface area contributed by atoms with E-state index < -0.39 is 12.0 Å². The van der Waals surface area contributed by atoms with E-state index in [2.05, 4.69) is 20.1 Å². The number of alkyl halides is 3. The first-order chi connectivity index (χ1) is 13.9. The molecule has 13 heteroatoms. The summed E-state index contributed by atoms with van der Waals surface area (Å²) < 4.78 is 48.2. The number of rotatable bonds is 5. The second-order valence-corrected chi connectivity index (χ2v) is 8.00. The van der Waals surface area contributed by atoms with Crippen molar-refractivity contribution in [2.75, 3.05) is 36.0 Å². The van der Waals surface area contributed by atoms with Crippen LogP contribution in [0.5, 0.6) is 5.75 Å². The Morgan fingerprint density at radius 2 is 1.79 bits per heavy atom. The van der Waals surface area contributed by atoms with Crippen LogP contribution in [-0.2, 0) is 6.18 Å². The van der Waals surface area contributed by atoms with Gasteiger partial charge in [0.05, 0.1) is 24.4 Å². The van der Waals surface area contributed by atoms with Crippen molar-refractivity contribution < 1.29 is 21.9 Å². The molecule has 0 aromatic carbocycles. The van der Waals surface area contributed by atoms with Crippen LogP contribution in [0.25, 0.3) is 0 Å². The van der Waals surface area contributed by atoms with Gasteiger partial charge in [0.15, 0.2) is 5.75 Å². The van der Waals surface area contributed by atoms with Gasteiger partial charge in [0.25, 0.3) is 5.82 Å². The van der Waals surface area contributed by atoms with Crippen molar-refractivity contribution in [3.05, 3.63) is 18.2 Å². The van der Waals surface area contributed by atoms with Gasteiger partial charge in [-0.2, -0.15) is 18.2 Å². The molecule has 0 amide bonds. The summed E-state index contributed by atoms with van der Waals surface area (Å²) in [6, 6.07) is 0.0514. The summed E-state index contributed by atoms with van der Waals surface area (Å²) in [4.78, 5) is 15.8. The topological polar surface area (TPSA) is 106 Å². The van der Waals surface area contributed by atoms with Crippen LogP contribution in [0.1, 0.15) is 25.1 Å². The maximum Gasteiger partial charge on any atom is 0.455 e. The average Bonchev–Trinajstić information content (AvgIpc) is 3.37. The molecule has 4 heterocycles. The monoisotopic (exact) mass is 431 g/mol. The third kappa shape index (κ3) is 4.83. The lowest BCUT2D eigenvalue weighted by molar-refractivity contribution is -0.146. The van der Waals surface area contributed by atoms with E-state index in [1.54, 1.807) is 17.3 Å². The molecule has 2 aromatic rings. The Hall–Kier alpha value is -2.28. The zero-order chi connectivity index (χ0) is 20.4. The fraction of sp³-hybridized carbons (Fsp3) is 0.625. The summed E-state index contributed by atoms with van der Waals surface area (Å²) in [5, 5.41) is 3.18. The molecule has 2 aliphatic rings. The number of anilines is 2. The van der Waals surface area contributed by atoms with E-state index in [1.165, 1.54) is 12.0 Å². The Morgan fingerprint density at radius 3 is 2.38 bits per heavy atom. The summed E-state index contributed by atoms with van der Waals surface area (Å²) in [6.45, 7) is 2.60. The zero-order valence-electron chi connectivity index (χ0n) is 15.4. The van der Waals surface area contributed by atoms with Crippen molar-refractivity contribution in [2.45, 2.75) is 36.7 Å². The van der Waals surface area contributed by atoms with Crippen LogP contribution in [0.4, 0.5) is 25.1 Å². The van der Waals surface area contributed by atoms with Gasteiger partial charge in [-0.25, -0.2) is 9.97 Å². The minimum Gasteiger partial charge on any atom is -0.422 e. The van der Waals surface area contributed by atoms with E-state index >= 15 is 0 Å². The summed E-state index contributed by atoms with van der Waals surface area (Å²) in [6.07, 6.45) is 0.994. The fourth-order valence-electron chi connectivity index (χ4n) is 3.21. The summed E-state index contributed by atoms with van der Waals surface area (Å²) in [5.41, 5.74) is 5.90. The molecular formula is C16H20F3N7O2S. The van der Waals surface area contributed by atoms with Crippen LogP contribution >= 0.6 is 12.0 Å². The van der Waals surface area contributed by atoms with E-state index in [1.807, 2.05) is 4.90 Å². The molecule has 4 rings (SSSR count). The molecule has 0 bridgehead atoms. The molecule has 0 aliphatic carbocycles. The lowest BCUT2D eigenvalue weighted by atomic mass is 10.1.